The lowest BCUT2D eigenvalue weighted by molar-refractivity contribution is -0.137. The summed E-state index contributed by atoms with van der Waals surface area (Å²) in [6.45, 7) is 0.162. The van der Waals surface area contributed by atoms with E-state index in [1.54, 1.807) is 0 Å². The van der Waals surface area contributed by atoms with Crippen LogP contribution in [0.15, 0.2) is 36.4 Å². The second kappa shape index (κ2) is 17.4. The number of hydrogen-bond donors (Lipinski definition) is 3. The molecule has 2 aromatic carbocycles. The summed E-state index contributed by atoms with van der Waals surface area (Å²) >= 11 is 0. The molecular weight excluding hydrogens is 738 g/mol. The lowest BCUT2D eigenvalue weighted by Gasteiger charge is -2.27. The van der Waals surface area contributed by atoms with Gasteiger partial charge in [-0.3, -0.25) is 68.4 Å². The zero-order chi connectivity index (χ0) is 39.9. The van der Waals surface area contributed by atoms with Crippen molar-refractivity contribution >= 4 is 58.9 Å². The second-order valence-corrected chi connectivity index (χ2v) is 13.0. The van der Waals surface area contributed by atoms with Crippen molar-refractivity contribution in [2.75, 3.05) is 46.2 Å². The van der Waals surface area contributed by atoms with Gasteiger partial charge in [-0.1, -0.05) is 12.1 Å². The quantitative estimate of drug-likeness (QED) is 0.127. The molecule has 2 atom stereocenters. The van der Waals surface area contributed by atoms with Gasteiger partial charge in [0.25, 0.3) is 29.5 Å². The zero-order valence-corrected chi connectivity index (χ0v) is 29.9. The van der Waals surface area contributed by atoms with Crippen molar-refractivity contribution < 1.29 is 66.9 Å². The molecule has 0 aromatic heterocycles. The van der Waals surface area contributed by atoms with E-state index in [1.807, 2.05) is 0 Å². The van der Waals surface area contributed by atoms with Crippen LogP contribution in [0.3, 0.4) is 0 Å². The Bertz CT molecular complexity index is 1870. The van der Waals surface area contributed by atoms with Crippen LogP contribution in [-0.2, 0) is 38.2 Å². The SMILES string of the molecule is O=C(CCCOCCOCCNC(=O)COc1cccc2c1C(=O)N(C1CCC(=O)NC1=O)C2=O)COc1cccc2c1C(=O)N(C1CCC(=O)NC1=O)C2=O. The molecule has 4 heterocycles. The smallest absolute Gasteiger partial charge is 0.266 e. The molecule has 19 heteroatoms. The Hall–Kier alpha value is -6.34. The highest BCUT2D eigenvalue weighted by Gasteiger charge is 2.47. The Morgan fingerprint density at radius 3 is 1.66 bits per heavy atom. The van der Waals surface area contributed by atoms with Gasteiger partial charge in [0.15, 0.2) is 12.4 Å². The lowest BCUT2D eigenvalue weighted by Crippen LogP contribution is -2.54. The predicted octanol–water partition coefficient (Wildman–Crippen LogP) is -0.554. The lowest BCUT2D eigenvalue weighted by atomic mass is 10.0. The molecule has 0 bridgehead atoms. The van der Waals surface area contributed by atoms with Crippen molar-refractivity contribution in [2.45, 2.75) is 50.6 Å². The van der Waals surface area contributed by atoms with Gasteiger partial charge in [0.1, 0.15) is 30.2 Å². The largest absolute Gasteiger partial charge is 0.485 e. The first-order valence-corrected chi connectivity index (χ1v) is 17.8. The summed E-state index contributed by atoms with van der Waals surface area (Å²) in [7, 11) is 0. The van der Waals surface area contributed by atoms with E-state index in [1.165, 1.54) is 36.4 Å². The molecule has 6 rings (SSSR count). The van der Waals surface area contributed by atoms with Crippen LogP contribution in [0.2, 0.25) is 0 Å². The summed E-state index contributed by atoms with van der Waals surface area (Å²) in [5.41, 5.74) is -0.0342. The van der Waals surface area contributed by atoms with Gasteiger partial charge in [-0.2, -0.15) is 0 Å². The third kappa shape index (κ3) is 8.47. The van der Waals surface area contributed by atoms with Crippen molar-refractivity contribution in [3.63, 3.8) is 0 Å². The molecule has 2 saturated heterocycles. The van der Waals surface area contributed by atoms with Crippen molar-refractivity contribution in [2.24, 2.45) is 0 Å². The molecule has 9 amide bonds. The number of piperidine rings is 2. The first-order chi connectivity index (χ1) is 27.0. The minimum Gasteiger partial charge on any atom is -0.485 e. The van der Waals surface area contributed by atoms with Gasteiger partial charge in [0.2, 0.25) is 23.6 Å². The van der Waals surface area contributed by atoms with E-state index >= 15 is 0 Å². The number of ketones is 1. The van der Waals surface area contributed by atoms with E-state index in [9.17, 15) is 47.9 Å². The normalized spacial score (nSPS) is 19.1. The maximum absolute atomic E-state index is 13.2. The van der Waals surface area contributed by atoms with Crippen molar-refractivity contribution in [3.8, 4) is 11.5 Å². The third-order valence-electron chi connectivity index (χ3n) is 9.29. The summed E-state index contributed by atoms with van der Waals surface area (Å²) in [4.78, 5) is 126. The molecule has 4 aliphatic rings. The number of imide groups is 4. The summed E-state index contributed by atoms with van der Waals surface area (Å²) in [6, 6.07) is 6.47. The highest BCUT2D eigenvalue weighted by molar-refractivity contribution is 6.25. The van der Waals surface area contributed by atoms with E-state index in [0.29, 0.717) is 6.42 Å². The van der Waals surface area contributed by atoms with Crippen LogP contribution >= 0.6 is 0 Å². The second-order valence-electron chi connectivity index (χ2n) is 13.0. The molecule has 19 nitrogen and oxygen atoms in total. The molecule has 4 aliphatic heterocycles. The van der Waals surface area contributed by atoms with Gasteiger partial charge in [-0.15, -0.1) is 0 Å². The highest BCUT2D eigenvalue weighted by Crippen LogP contribution is 2.35. The van der Waals surface area contributed by atoms with Crippen LogP contribution in [0.5, 0.6) is 11.5 Å². The van der Waals surface area contributed by atoms with Gasteiger partial charge in [0.05, 0.1) is 42.1 Å². The zero-order valence-electron chi connectivity index (χ0n) is 29.9. The number of benzene rings is 2. The Morgan fingerprint density at radius 2 is 1.14 bits per heavy atom. The van der Waals surface area contributed by atoms with Crippen LogP contribution in [-0.4, -0.2) is 127 Å². The summed E-state index contributed by atoms with van der Waals surface area (Å²) < 4.78 is 22.1. The van der Waals surface area contributed by atoms with Crippen LogP contribution in [0.25, 0.3) is 0 Å². The summed E-state index contributed by atoms with van der Waals surface area (Å²) in [5.74, 6) is -6.03. The van der Waals surface area contributed by atoms with E-state index in [2.05, 4.69) is 16.0 Å². The van der Waals surface area contributed by atoms with E-state index in [4.69, 9.17) is 18.9 Å². The summed E-state index contributed by atoms with van der Waals surface area (Å²) in [5, 5.41) is 6.88. The molecule has 0 radical (unpaired) electrons. The van der Waals surface area contributed by atoms with E-state index < -0.39 is 71.9 Å². The maximum Gasteiger partial charge on any atom is 0.266 e. The average molecular weight is 776 g/mol. The molecule has 0 spiro atoms. The van der Waals surface area contributed by atoms with Gasteiger partial charge in [0, 0.05) is 32.4 Å². The maximum atomic E-state index is 13.2. The Labute approximate surface area is 318 Å². The molecular formula is C37H37N5O14. The number of hydrogen-bond acceptors (Lipinski definition) is 14. The molecule has 56 heavy (non-hydrogen) atoms. The Balaban J connectivity index is 0.825. The third-order valence-corrected chi connectivity index (χ3v) is 9.29. The first-order valence-electron chi connectivity index (χ1n) is 17.8. The molecule has 0 saturated carbocycles. The number of carbonyl (C=O) groups is 10. The molecule has 0 aliphatic carbocycles. The molecule has 2 aromatic rings. The molecule has 3 N–H and O–H groups in total. The first kappa shape index (κ1) is 39.4. The fourth-order valence-corrected chi connectivity index (χ4v) is 6.59. The monoisotopic (exact) mass is 775 g/mol. The van der Waals surface area contributed by atoms with E-state index in [0.717, 1.165) is 9.80 Å². The average Bonchev–Trinajstić information content (AvgIpc) is 3.58. The van der Waals surface area contributed by atoms with Crippen LogP contribution in [0.4, 0.5) is 0 Å². The van der Waals surface area contributed by atoms with Gasteiger partial charge in [-0.25, -0.2) is 0 Å². The number of carbonyl (C=O) groups excluding carboxylic acids is 10. The predicted molar refractivity (Wildman–Crippen MR) is 186 cm³/mol. The Morgan fingerprint density at radius 1 is 0.643 bits per heavy atom. The molecule has 2 unspecified atom stereocenters. The number of rotatable bonds is 18. The minimum atomic E-state index is -1.13. The number of fused-ring (bicyclic) bond motifs is 2. The number of Topliss-reactive ketones (excluding diaryl/α,β-unsaturated/α-hetero) is 1. The topological polar surface area (TPSA) is 250 Å². The van der Waals surface area contributed by atoms with Crippen molar-refractivity contribution in [3.05, 3.63) is 58.7 Å². The van der Waals surface area contributed by atoms with Gasteiger partial charge in [-0.05, 0) is 43.5 Å². The van der Waals surface area contributed by atoms with Gasteiger partial charge < -0.3 is 24.3 Å². The molecule has 294 valence electrons. The Kier molecular flexibility index (Phi) is 12.2. The fraction of sp³-hybridized carbons (Fsp3) is 0.405. The fourth-order valence-electron chi connectivity index (χ4n) is 6.59. The van der Waals surface area contributed by atoms with E-state index in [-0.39, 0.29) is 111 Å². The van der Waals surface area contributed by atoms with Crippen LogP contribution in [0, 0.1) is 0 Å². The molecule has 2 fully saturated rings. The van der Waals surface area contributed by atoms with Crippen molar-refractivity contribution in [1.82, 2.24) is 25.8 Å². The van der Waals surface area contributed by atoms with Crippen molar-refractivity contribution in [1.29, 1.82) is 0 Å². The number of nitrogens with one attached hydrogen (secondary N) is 3. The van der Waals surface area contributed by atoms with Gasteiger partial charge >= 0.3 is 0 Å². The number of amides is 9. The summed E-state index contributed by atoms with van der Waals surface area (Å²) in [6.07, 6.45) is 0.497. The number of ether oxygens (including phenoxy) is 4. The number of nitrogens with zero attached hydrogens (tertiary/aromatic N) is 2. The van der Waals surface area contributed by atoms with Crippen LogP contribution < -0.4 is 25.4 Å². The minimum absolute atomic E-state index is 0.00189. The van der Waals surface area contributed by atoms with Crippen LogP contribution in [0.1, 0.15) is 80.0 Å². The standard InChI is InChI=1S/C37H37N5O14/c43-20(18-55-25-7-1-5-21-30(25)36(51)41(34(21)49)23-9-11-27(44)39-32(23)47)4-3-14-53-16-17-54-15-13-38-29(46)19-56-26-8-2-6-22-31(26)37(52)42(35(22)50)24-10-12-28(45)40-33(24)48/h1-2,5-8,23-24H,3-4,9-19H2,(H,38,46)(H,39,44,47)(H,40,45,48). The highest BCUT2D eigenvalue weighted by atomic mass is 16.5.